The standard InChI is InChI=1S/C13H20N2O4/c1-8(2)6-11(12(16)17)15-13(18)14-7-10-5-4-9(3)19-10/h4-5,8,11H,6-7H2,1-3H3,(H,16,17)(H2,14,15,18)/t11-/m0/s1. The highest BCUT2D eigenvalue weighted by Gasteiger charge is 2.20. The Morgan fingerprint density at radius 2 is 2.05 bits per heavy atom. The smallest absolute Gasteiger partial charge is 0.326 e. The van der Waals surface area contributed by atoms with Gasteiger partial charge >= 0.3 is 12.0 Å². The van der Waals surface area contributed by atoms with Crippen molar-refractivity contribution in [1.29, 1.82) is 0 Å². The number of carbonyl (C=O) groups excluding carboxylic acids is 1. The van der Waals surface area contributed by atoms with Crippen LogP contribution in [0.25, 0.3) is 0 Å². The first kappa shape index (κ1) is 15.1. The van der Waals surface area contributed by atoms with Crippen LogP contribution < -0.4 is 10.6 Å². The molecule has 0 fully saturated rings. The van der Waals surface area contributed by atoms with E-state index in [1.165, 1.54) is 0 Å². The van der Waals surface area contributed by atoms with Gasteiger partial charge in [0.05, 0.1) is 6.54 Å². The zero-order valence-corrected chi connectivity index (χ0v) is 11.4. The Morgan fingerprint density at radius 3 is 2.53 bits per heavy atom. The summed E-state index contributed by atoms with van der Waals surface area (Å²) in [4.78, 5) is 22.6. The molecule has 0 saturated heterocycles. The second kappa shape index (κ2) is 6.82. The van der Waals surface area contributed by atoms with Crippen LogP contribution in [0.5, 0.6) is 0 Å². The van der Waals surface area contributed by atoms with Gasteiger partial charge in [0.15, 0.2) is 0 Å². The van der Waals surface area contributed by atoms with Crippen molar-refractivity contribution in [1.82, 2.24) is 10.6 Å². The Kier molecular flexibility index (Phi) is 5.41. The maximum Gasteiger partial charge on any atom is 0.326 e. The van der Waals surface area contributed by atoms with Crippen LogP contribution >= 0.6 is 0 Å². The van der Waals surface area contributed by atoms with Crippen LogP contribution in [0, 0.1) is 12.8 Å². The number of aliphatic carboxylic acids is 1. The molecule has 0 aliphatic rings. The van der Waals surface area contributed by atoms with Crippen LogP contribution in [0.4, 0.5) is 4.79 Å². The van der Waals surface area contributed by atoms with E-state index in [1.807, 2.05) is 20.8 Å². The number of amides is 2. The monoisotopic (exact) mass is 268 g/mol. The molecule has 6 nitrogen and oxygen atoms in total. The minimum atomic E-state index is -1.03. The second-order valence-corrected chi connectivity index (χ2v) is 4.86. The van der Waals surface area contributed by atoms with Crippen LogP contribution in [-0.4, -0.2) is 23.1 Å². The van der Waals surface area contributed by atoms with Crippen LogP contribution in [0.3, 0.4) is 0 Å². The third-order valence-electron chi connectivity index (χ3n) is 2.53. The second-order valence-electron chi connectivity index (χ2n) is 4.86. The highest BCUT2D eigenvalue weighted by molar-refractivity contribution is 5.82. The van der Waals surface area contributed by atoms with Crippen LogP contribution in [0.2, 0.25) is 0 Å². The quantitative estimate of drug-likeness (QED) is 0.734. The van der Waals surface area contributed by atoms with Gasteiger partial charge in [0, 0.05) is 0 Å². The number of carbonyl (C=O) groups is 2. The molecule has 0 unspecified atom stereocenters. The number of carboxylic acid groups (broad SMARTS) is 1. The van der Waals surface area contributed by atoms with Gasteiger partial charge in [0.25, 0.3) is 0 Å². The summed E-state index contributed by atoms with van der Waals surface area (Å²) in [6, 6.07) is 2.17. The van der Waals surface area contributed by atoms with Gasteiger partial charge in [-0.1, -0.05) is 13.8 Å². The Morgan fingerprint density at radius 1 is 1.37 bits per heavy atom. The molecule has 0 saturated carbocycles. The van der Waals surface area contributed by atoms with Crippen molar-refractivity contribution in [3.8, 4) is 0 Å². The largest absolute Gasteiger partial charge is 0.480 e. The van der Waals surface area contributed by atoms with E-state index in [9.17, 15) is 9.59 Å². The minimum Gasteiger partial charge on any atom is -0.480 e. The molecule has 1 atom stereocenters. The first-order valence-electron chi connectivity index (χ1n) is 6.21. The van der Waals surface area contributed by atoms with E-state index in [0.717, 1.165) is 5.76 Å². The zero-order chi connectivity index (χ0) is 14.4. The zero-order valence-electron chi connectivity index (χ0n) is 11.4. The summed E-state index contributed by atoms with van der Waals surface area (Å²) in [5.41, 5.74) is 0. The number of hydrogen-bond donors (Lipinski definition) is 3. The molecule has 0 aliphatic heterocycles. The predicted octanol–water partition coefficient (Wildman–Crippen LogP) is 1.89. The summed E-state index contributed by atoms with van der Waals surface area (Å²) in [6.07, 6.45) is 0.391. The molecular formula is C13H20N2O4. The van der Waals surface area contributed by atoms with Gasteiger partial charge in [0.1, 0.15) is 17.6 Å². The molecule has 106 valence electrons. The van der Waals surface area contributed by atoms with Crippen molar-refractivity contribution in [3.63, 3.8) is 0 Å². The van der Waals surface area contributed by atoms with Crippen molar-refractivity contribution < 1.29 is 19.1 Å². The number of carboxylic acids is 1. The molecule has 3 N–H and O–H groups in total. The SMILES string of the molecule is Cc1ccc(CNC(=O)N[C@@H](CC(C)C)C(=O)O)o1. The molecule has 1 aromatic heterocycles. The lowest BCUT2D eigenvalue weighted by Gasteiger charge is -2.16. The third kappa shape index (κ3) is 5.46. The molecule has 0 aliphatic carbocycles. The normalized spacial score (nSPS) is 12.2. The van der Waals surface area contributed by atoms with Gasteiger partial charge in [-0.15, -0.1) is 0 Å². The lowest BCUT2D eigenvalue weighted by Crippen LogP contribution is -2.46. The third-order valence-corrected chi connectivity index (χ3v) is 2.53. The number of rotatable bonds is 6. The summed E-state index contributed by atoms with van der Waals surface area (Å²) in [7, 11) is 0. The summed E-state index contributed by atoms with van der Waals surface area (Å²) in [5.74, 6) is 0.552. The van der Waals surface area contributed by atoms with Crippen molar-refractivity contribution >= 4 is 12.0 Å². The van der Waals surface area contributed by atoms with E-state index in [-0.39, 0.29) is 12.5 Å². The fourth-order valence-corrected chi connectivity index (χ4v) is 1.65. The van der Waals surface area contributed by atoms with Gasteiger partial charge in [-0.05, 0) is 31.4 Å². The first-order chi connectivity index (χ1) is 8.88. The molecule has 1 rings (SSSR count). The van der Waals surface area contributed by atoms with E-state index in [4.69, 9.17) is 9.52 Å². The topological polar surface area (TPSA) is 91.6 Å². The van der Waals surface area contributed by atoms with Gasteiger partial charge in [-0.25, -0.2) is 9.59 Å². The van der Waals surface area contributed by atoms with Crippen molar-refractivity contribution in [2.24, 2.45) is 5.92 Å². The Hall–Kier alpha value is -1.98. The number of hydrogen-bond acceptors (Lipinski definition) is 3. The van der Waals surface area contributed by atoms with Crippen molar-refractivity contribution in [2.75, 3.05) is 0 Å². The Labute approximate surface area is 112 Å². The highest BCUT2D eigenvalue weighted by atomic mass is 16.4. The molecule has 0 bridgehead atoms. The van der Waals surface area contributed by atoms with Crippen molar-refractivity contribution in [3.05, 3.63) is 23.7 Å². The highest BCUT2D eigenvalue weighted by Crippen LogP contribution is 2.06. The van der Waals surface area contributed by atoms with E-state index in [1.54, 1.807) is 12.1 Å². The van der Waals surface area contributed by atoms with E-state index in [2.05, 4.69) is 10.6 Å². The molecule has 2 amide bonds. The molecular weight excluding hydrogens is 248 g/mol. The first-order valence-corrected chi connectivity index (χ1v) is 6.21. The number of nitrogens with one attached hydrogen (secondary N) is 2. The average molecular weight is 268 g/mol. The van der Waals surface area contributed by atoms with Crippen LogP contribution in [0.1, 0.15) is 31.8 Å². The summed E-state index contributed by atoms with van der Waals surface area (Å²) < 4.78 is 5.29. The Balaban J connectivity index is 2.42. The average Bonchev–Trinajstić information content (AvgIpc) is 2.71. The molecule has 19 heavy (non-hydrogen) atoms. The maximum atomic E-state index is 11.6. The summed E-state index contributed by atoms with van der Waals surface area (Å²) in [5, 5.41) is 14.0. The minimum absolute atomic E-state index is 0.189. The Bertz CT molecular complexity index is 440. The number of urea groups is 1. The lowest BCUT2D eigenvalue weighted by molar-refractivity contribution is -0.139. The molecule has 6 heteroatoms. The molecule has 1 aromatic rings. The fourth-order valence-electron chi connectivity index (χ4n) is 1.65. The van der Waals surface area contributed by atoms with Gasteiger partial charge in [-0.2, -0.15) is 0 Å². The van der Waals surface area contributed by atoms with Gasteiger partial charge < -0.3 is 20.2 Å². The molecule has 0 radical (unpaired) electrons. The molecule has 0 spiro atoms. The van der Waals surface area contributed by atoms with Gasteiger partial charge in [-0.3, -0.25) is 0 Å². The van der Waals surface area contributed by atoms with Crippen molar-refractivity contribution in [2.45, 2.75) is 39.8 Å². The maximum absolute atomic E-state index is 11.6. The number of furan rings is 1. The predicted molar refractivity (Wildman–Crippen MR) is 69.7 cm³/mol. The van der Waals surface area contributed by atoms with E-state index in [0.29, 0.717) is 12.2 Å². The van der Waals surface area contributed by atoms with E-state index >= 15 is 0 Å². The summed E-state index contributed by atoms with van der Waals surface area (Å²) >= 11 is 0. The molecule has 0 aromatic carbocycles. The van der Waals surface area contributed by atoms with Gasteiger partial charge in [0.2, 0.25) is 0 Å². The lowest BCUT2D eigenvalue weighted by atomic mass is 10.0. The van der Waals surface area contributed by atoms with E-state index < -0.39 is 18.0 Å². The van der Waals surface area contributed by atoms with Crippen LogP contribution in [-0.2, 0) is 11.3 Å². The fraction of sp³-hybridized carbons (Fsp3) is 0.538. The van der Waals surface area contributed by atoms with Crippen LogP contribution in [0.15, 0.2) is 16.5 Å². The molecule has 1 heterocycles. The summed E-state index contributed by atoms with van der Waals surface area (Å²) in [6.45, 7) is 5.85. The number of aryl methyl sites for hydroxylation is 1.